The van der Waals surface area contributed by atoms with Crippen LogP contribution in [0.15, 0.2) is 243 Å². The maximum atomic E-state index is 2.59. The van der Waals surface area contributed by atoms with Crippen molar-refractivity contribution < 1.29 is 0 Å². The van der Waals surface area contributed by atoms with Gasteiger partial charge in [0.25, 0.3) is 0 Å². The fraction of sp³-hybridized carbons (Fsp3) is 0.103. The van der Waals surface area contributed by atoms with Gasteiger partial charge < -0.3 is 0 Å². The molecule has 364 valence electrons. The predicted molar refractivity (Wildman–Crippen MR) is 323 cm³/mol. The van der Waals surface area contributed by atoms with E-state index in [2.05, 4.69) is 270 Å². The van der Waals surface area contributed by atoms with Crippen molar-refractivity contribution in [2.75, 3.05) is 0 Å². The second-order valence-electron chi connectivity index (χ2n) is 24.1. The van der Waals surface area contributed by atoms with Crippen molar-refractivity contribution in [3.8, 4) is 89.0 Å². The molecular formula is C78H52. The predicted octanol–water partition coefficient (Wildman–Crippen LogP) is 19.5. The van der Waals surface area contributed by atoms with Crippen molar-refractivity contribution in [1.29, 1.82) is 0 Å². The lowest BCUT2D eigenvalue weighted by atomic mass is 9.70. The summed E-state index contributed by atoms with van der Waals surface area (Å²) in [5.74, 6) is 0. The summed E-state index contributed by atoms with van der Waals surface area (Å²) in [6, 6.07) is 93.7. The fourth-order valence-electron chi connectivity index (χ4n) is 17.0. The second-order valence-corrected chi connectivity index (χ2v) is 24.1. The summed E-state index contributed by atoms with van der Waals surface area (Å²) in [6.45, 7) is 9.98. The van der Waals surface area contributed by atoms with Crippen LogP contribution in [0.25, 0.3) is 99.8 Å². The first kappa shape index (κ1) is 43.0. The lowest BCUT2D eigenvalue weighted by molar-refractivity contribution is 0.601. The molecule has 0 heteroatoms. The van der Waals surface area contributed by atoms with Gasteiger partial charge in [-0.3, -0.25) is 0 Å². The summed E-state index contributed by atoms with van der Waals surface area (Å²) in [4.78, 5) is 0. The minimum absolute atomic E-state index is 0.251. The van der Waals surface area contributed by atoms with E-state index in [-0.39, 0.29) is 16.2 Å². The SMILES string of the molecule is CC1(C)c2cc(-c3ccc4c(c3)C3(c5ccccc5-c5ccccc53)c3ccccc3-4)ccc2-c2ccc3c(c21)C(C)(C)c1cc(-c2ccc4c(c2)C2(c5ccccc5-c5ccccc52)c2ccccc2-4)c2ccccc2c1-3. The van der Waals surface area contributed by atoms with E-state index in [1.165, 1.54) is 167 Å². The van der Waals surface area contributed by atoms with Crippen LogP contribution in [0.3, 0.4) is 0 Å². The fourth-order valence-corrected chi connectivity index (χ4v) is 17.0. The normalized spacial score (nSPS) is 16.1. The van der Waals surface area contributed by atoms with Gasteiger partial charge in [-0.05, 0) is 191 Å². The van der Waals surface area contributed by atoms with Gasteiger partial charge in [-0.15, -0.1) is 0 Å². The van der Waals surface area contributed by atoms with E-state index in [0.717, 1.165) is 0 Å². The van der Waals surface area contributed by atoms with Crippen LogP contribution < -0.4 is 0 Å². The first-order valence-corrected chi connectivity index (χ1v) is 28.0. The molecule has 0 unspecified atom stereocenters. The van der Waals surface area contributed by atoms with Crippen LogP contribution in [-0.4, -0.2) is 0 Å². The van der Waals surface area contributed by atoms with Crippen molar-refractivity contribution in [3.63, 3.8) is 0 Å². The molecular weight excluding hydrogens is 937 g/mol. The van der Waals surface area contributed by atoms with E-state index >= 15 is 0 Å². The Labute approximate surface area is 456 Å². The minimum atomic E-state index is -0.402. The summed E-state index contributed by atoms with van der Waals surface area (Å²) >= 11 is 0. The number of hydrogen-bond donors (Lipinski definition) is 0. The molecule has 0 atom stereocenters. The van der Waals surface area contributed by atoms with Gasteiger partial charge >= 0.3 is 0 Å². The average Bonchev–Trinajstić information content (AvgIpc) is 3.84. The van der Waals surface area contributed by atoms with Gasteiger partial charge in [-0.1, -0.05) is 246 Å². The largest absolute Gasteiger partial charge is 0.0725 e. The Bertz CT molecular complexity index is 4610. The zero-order valence-electron chi connectivity index (χ0n) is 44.1. The second kappa shape index (κ2) is 14.5. The van der Waals surface area contributed by atoms with Crippen LogP contribution in [0.2, 0.25) is 0 Å². The van der Waals surface area contributed by atoms with Crippen molar-refractivity contribution in [1.82, 2.24) is 0 Å². The Morgan fingerprint density at radius 1 is 0.205 bits per heavy atom. The smallest absolute Gasteiger partial charge is 0.0619 e. The molecule has 12 aromatic carbocycles. The molecule has 18 rings (SSSR count). The van der Waals surface area contributed by atoms with E-state index in [1.807, 2.05) is 0 Å². The third-order valence-electron chi connectivity index (χ3n) is 20.1. The van der Waals surface area contributed by atoms with Crippen molar-refractivity contribution in [2.24, 2.45) is 0 Å². The number of fused-ring (bicyclic) bond motifs is 29. The van der Waals surface area contributed by atoms with Crippen LogP contribution in [0, 0.1) is 0 Å². The summed E-state index contributed by atoms with van der Waals surface area (Å²) in [5.41, 5.74) is 36.7. The Morgan fingerprint density at radius 3 is 0.974 bits per heavy atom. The van der Waals surface area contributed by atoms with Gasteiger partial charge in [-0.2, -0.15) is 0 Å². The van der Waals surface area contributed by atoms with Crippen LogP contribution in [-0.2, 0) is 21.7 Å². The summed E-state index contributed by atoms with van der Waals surface area (Å²) in [5, 5.41) is 2.62. The van der Waals surface area contributed by atoms with Crippen LogP contribution >= 0.6 is 0 Å². The average molecular weight is 989 g/mol. The van der Waals surface area contributed by atoms with Gasteiger partial charge in [-0.25, -0.2) is 0 Å². The lowest BCUT2D eigenvalue weighted by Crippen LogP contribution is -2.25. The van der Waals surface area contributed by atoms with E-state index in [1.54, 1.807) is 0 Å². The first-order valence-electron chi connectivity index (χ1n) is 28.0. The molecule has 0 radical (unpaired) electrons. The zero-order valence-corrected chi connectivity index (χ0v) is 44.1. The molecule has 78 heavy (non-hydrogen) atoms. The van der Waals surface area contributed by atoms with Crippen LogP contribution in [0.1, 0.15) is 94.5 Å². The summed E-state index contributed by atoms with van der Waals surface area (Å²) in [7, 11) is 0. The molecule has 0 bridgehead atoms. The Balaban J connectivity index is 0.781. The molecule has 0 saturated heterocycles. The third kappa shape index (κ3) is 4.88. The standard InChI is InChI=1S/C78H52/c1-75(2)68-41-45(46-33-36-55-53-24-11-17-31-66(53)77(69(55)42-46)62-27-13-7-20-49(62)50-21-8-14-28-63(50)77)34-37-57(68)59-39-40-60-72-58-26-6-5-19-48(58)61(44-71(72)76(3,4)74(60)73(59)75)47-35-38-56-54-25-12-18-32-67(54)78(70(56)43-47)64-29-15-9-22-51(64)52-23-10-16-30-65(52)78/h5-44H,1-4H3. The quantitative estimate of drug-likeness (QED) is 0.162. The van der Waals surface area contributed by atoms with E-state index < -0.39 is 5.41 Å². The molecule has 2 spiro atoms. The molecule has 0 saturated carbocycles. The molecule has 6 aliphatic carbocycles. The number of benzene rings is 12. The topological polar surface area (TPSA) is 0 Å². The highest BCUT2D eigenvalue weighted by molar-refractivity contribution is 6.11. The minimum Gasteiger partial charge on any atom is -0.0619 e. The molecule has 12 aromatic rings. The lowest BCUT2D eigenvalue weighted by Gasteiger charge is -2.31. The maximum absolute atomic E-state index is 2.59. The monoisotopic (exact) mass is 988 g/mol. The van der Waals surface area contributed by atoms with Gasteiger partial charge in [0, 0.05) is 10.8 Å². The Morgan fingerprint density at radius 2 is 0.513 bits per heavy atom. The van der Waals surface area contributed by atoms with Crippen LogP contribution in [0.5, 0.6) is 0 Å². The summed E-state index contributed by atoms with van der Waals surface area (Å²) in [6.07, 6.45) is 0. The van der Waals surface area contributed by atoms with Gasteiger partial charge in [0.05, 0.1) is 10.8 Å². The summed E-state index contributed by atoms with van der Waals surface area (Å²) < 4.78 is 0. The van der Waals surface area contributed by atoms with E-state index in [0.29, 0.717) is 0 Å². The number of hydrogen-bond acceptors (Lipinski definition) is 0. The van der Waals surface area contributed by atoms with E-state index in [9.17, 15) is 0 Å². The zero-order chi connectivity index (χ0) is 51.6. The van der Waals surface area contributed by atoms with Crippen molar-refractivity contribution in [2.45, 2.75) is 49.4 Å². The highest BCUT2D eigenvalue weighted by atomic mass is 14.6. The first-order chi connectivity index (χ1) is 38.2. The van der Waals surface area contributed by atoms with Gasteiger partial charge in [0.1, 0.15) is 0 Å². The molecule has 0 aliphatic heterocycles. The highest BCUT2D eigenvalue weighted by Gasteiger charge is 2.54. The molecule has 0 N–H and O–H groups in total. The molecule has 0 heterocycles. The van der Waals surface area contributed by atoms with Crippen LogP contribution in [0.4, 0.5) is 0 Å². The molecule has 0 nitrogen and oxygen atoms in total. The molecule has 0 amide bonds. The van der Waals surface area contributed by atoms with Crippen molar-refractivity contribution in [3.05, 3.63) is 309 Å². The highest BCUT2D eigenvalue weighted by Crippen LogP contribution is 2.66. The number of rotatable bonds is 2. The molecule has 0 fully saturated rings. The Hall–Kier alpha value is -9.10. The van der Waals surface area contributed by atoms with E-state index in [4.69, 9.17) is 0 Å². The van der Waals surface area contributed by atoms with Crippen molar-refractivity contribution >= 4 is 10.8 Å². The van der Waals surface area contributed by atoms with Gasteiger partial charge in [0.2, 0.25) is 0 Å². The third-order valence-corrected chi connectivity index (χ3v) is 20.1. The Kier molecular flexibility index (Phi) is 7.99. The molecule has 6 aliphatic rings. The maximum Gasteiger partial charge on any atom is 0.0725 e. The molecule has 0 aromatic heterocycles. The van der Waals surface area contributed by atoms with Gasteiger partial charge in [0.15, 0.2) is 0 Å².